The van der Waals surface area contributed by atoms with Crippen LogP contribution in [0.1, 0.15) is 26.2 Å². The third-order valence-electron chi connectivity index (χ3n) is 3.59. The van der Waals surface area contributed by atoms with Crippen LogP contribution in [0.2, 0.25) is 0 Å². The Labute approximate surface area is 98.3 Å². The van der Waals surface area contributed by atoms with E-state index in [2.05, 4.69) is 17.1 Å². The lowest BCUT2D eigenvalue weighted by atomic mass is 10.1. The summed E-state index contributed by atoms with van der Waals surface area (Å²) in [6.45, 7) is 5.18. The predicted molar refractivity (Wildman–Crippen MR) is 65.3 cm³/mol. The van der Waals surface area contributed by atoms with E-state index >= 15 is 0 Å². The lowest BCUT2D eigenvalue weighted by Crippen LogP contribution is -2.48. The molecule has 2 heterocycles. The molecule has 2 fully saturated rings. The van der Waals surface area contributed by atoms with Gasteiger partial charge in [0.2, 0.25) is 0 Å². The van der Waals surface area contributed by atoms with Crippen molar-refractivity contribution in [3.05, 3.63) is 0 Å². The number of sulfone groups is 1. The van der Waals surface area contributed by atoms with Crippen LogP contribution in [-0.2, 0) is 9.84 Å². The van der Waals surface area contributed by atoms with Crippen molar-refractivity contribution in [3.8, 4) is 0 Å². The monoisotopic (exact) mass is 246 g/mol. The van der Waals surface area contributed by atoms with Gasteiger partial charge in [0.25, 0.3) is 0 Å². The zero-order chi connectivity index (χ0) is 11.6. The fraction of sp³-hybridized carbons (Fsp3) is 1.00. The maximum Gasteiger partial charge on any atom is 0.153 e. The molecule has 2 aliphatic rings. The molecule has 2 rings (SSSR count). The smallest absolute Gasteiger partial charge is 0.153 e. The van der Waals surface area contributed by atoms with Gasteiger partial charge in [0, 0.05) is 12.1 Å². The Balaban J connectivity index is 2.01. The van der Waals surface area contributed by atoms with E-state index in [0.717, 1.165) is 26.1 Å². The van der Waals surface area contributed by atoms with Crippen molar-refractivity contribution in [1.82, 2.24) is 10.2 Å². The molecule has 2 unspecified atom stereocenters. The second-order valence-electron chi connectivity index (χ2n) is 4.95. The first kappa shape index (κ1) is 12.3. The number of hydrogen-bond acceptors (Lipinski definition) is 4. The minimum absolute atomic E-state index is 0.156. The Kier molecular flexibility index (Phi) is 3.87. The van der Waals surface area contributed by atoms with Gasteiger partial charge >= 0.3 is 0 Å². The van der Waals surface area contributed by atoms with E-state index in [4.69, 9.17) is 0 Å². The molecular weight excluding hydrogens is 224 g/mol. The fourth-order valence-corrected chi connectivity index (χ4v) is 4.77. The van der Waals surface area contributed by atoms with Crippen molar-refractivity contribution in [2.75, 3.05) is 31.1 Å². The van der Waals surface area contributed by atoms with Gasteiger partial charge in [0.15, 0.2) is 9.84 Å². The number of nitrogens with one attached hydrogen (secondary N) is 1. The predicted octanol–water partition coefficient (Wildman–Crippen LogP) is 0.247. The SMILES string of the molecule is CCCNC1CS(=O)(=O)CC1N1CCCC1. The maximum atomic E-state index is 11.7. The average Bonchev–Trinajstić information content (AvgIpc) is 2.81. The topological polar surface area (TPSA) is 49.4 Å². The molecule has 0 aliphatic carbocycles. The minimum Gasteiger partial charge on any atom is -0.311 e. The van der Waals surface area contributed by atoms with Crippen molar-refractivity contribution in [2.45, 2.75) is 38.3 Å². The van der Waals surface area contributed by atoms with Crippen molar-refractivity contribution in [3.63, 3.8) is 0 Å². The molecule has 94 valence electrons. The second-order valence-corrected chi connectivity index (χ2v) is 7.10. The first-order chi connectivity index (χ1) is 7.62. The quantitative estimate of drug-likeness (QED) is 0.772. The van der Waals surface area contributed by atoms with Gasteiger partial charge < -0.3 is 5.32 Å². The van der Waals surface area contributed by atoms with Gasteiger partial charge in [0.1, 0.15) is 0 Å². The van der Waals surface area contributed by atoms with Gasteiger partial charge in [-0.25, -0.2) is 8.42 Å². The zero-order valence-corrected chi connectivity index (χ0v) is 10.8. The molecule has 0 aromatic carbocycles. The third kappa shape index (κ3) is 2.76. The van der Waals surface area contributed by atoms with E-state index in [1.165, 1.54) is 12.8 Å². The molecule has 4 nitrogen and oxygen atoms in total. The molecule has 1 N–H and O–H groups in total. The van der Waals surface area contributed by atoms with Crippen LogP contribution in [0.25, 0.3) is 0 Å². The molecule has 0 amide bonds. The summed E-state index contributed by atoms with van der Waals surface area (Å²) in [4.78, 5) is 2.36. The lowest BCUT2D eigenvalue weighted by Gasteiger charge is -2.28. The number of hydrogen-bond donors (Lipinski definition) is 1. The highest BCUT2D eigenvalue weighted by molar-refractivity contribution is 7.91. The van der Waals surface area contributed by atoms with E-state index in [1.807, 2.05) is 0 Å². The molecule has 0 spiro atoms. The van der Waals surface area contributed by atoms with E-state index in [9.17, 15) is 8.42 Å². The standard InChI is InChI=1S/C11H22N2O2S/c1-2-5-12-10-8-16(14,15)9-11(10)13-6-3-4-7-13/h10-12H,2-9H2,1H3. The lowest BCUT2D eigenvalue weighted by molar-refractivity contribution is 0.227. The number of rotatable bonds is 4. The molecule has 0 aromatic heterocycles. The summed E-state index contributed by atoms with van der Waals surface area (Å²) >= 11 is 0. The van der Waals surface area contributed by atoms with Crippen LogP contribution in [0.3, 0.4) is 0 Å². The normalized spacial score (nSPS) is 34.6. The van der Waals surface area contributed by atoms with Crippen LogP contribution in [0.5, 0.6) is 0 Å². The summed E-state index contributed by atoms with van der Waals surface area (Å²) in [7, 11) is -2.82. The average molecular weight is 246 g/mol. The van der Waals surface area contributed by atoms with Gasteiger partial charge in [-0.2, -0.15) is 0 Å². The van der Waals surface area contributed by atoms with Gasteiger partial charge in [-0.1, -0.05) is 6.92 Å². The number of likely N-dealkylation sites (tertiary alicyclic amines) is 1. The molecule has 0 radical (unpaired) electrons. The van der Waals surface area contributed by atoms with Crippen LogP contribution >= 0.6 is 0 Å². The highest BCUT2D eigenvalue weighted by Crippen LogP contribution is 2.22. The first-order valence-electron chi connectivity index (χ1n) is 6.30. The van der Waals surface area contributed by atoms with E-state index in [0.29, 0.717) is 11.5 Å². The van der Waals surface area contributed by atoms with Gasteiger partial charge in [-0.3, -0.25) is 4.90 Å². The Morgan fingerprint density at radius 3 is 2.56 bits per heavy atom. The van der Waals surface area contributed by atoms with E-state index in [-0.39, 0.29) is 12.1 Å². The summed E-state index contributed by atoms with van der Waals surface area (Å²) in [6.07, 6.45) is 3.50. The highest BCUT2D eigenvalue weighted by atomic mass is 32.2. The van der Waals surface area contributed by atoms with Crippen molar-refractivity contribution in [2.24, 2.45) is 0 Å². The molecule has 2 saturated heterocycles. The van der Waals surface area contributed by atoms with Gasteiger partial charge in [0.05, 0.1) is 11.5 Å². The Morgan fingerprint density at radius 2 is 1.94 bits per heavy atom. The van der Waals surface area contributed by atoms with Crippen LogP contribution in [0.4, 0.5) is 0 Å². The molecule has 0 bridgehead atoms. The molecule has 0 saturated carbocycles. The Morgan fingerprint density at radius 1 is 1.25 bits per heavy atom. The molecule has 0 aromatic rings. The Bertz CT molecular complexity index is 323. The third-order valence-corrected chi connectivity index (χ3v) is 5.31. The van der Waals surface area contributed by atoms with E-state index in [1.54, 1.807) is 0 Å². The molecular formula is C11H22N2O2S. The van der Waals surface area contributed by atoms with Crippen LogP contribution in [0, 0.1) is 0 Å². The summed E-state index contributed by atoms with van der Waals surface area (Å²) in [5, 5.41) is 3.39. The van der Waals surface area contributed by atoms with Gasteiger partial charge in [-0.05, 0) is 38.9 Å². The molecule has 2 atom stereocenters. The first-order valence-corrected chi connectivity index (χ1v) is 8.12. The number of nitrogens with zero attached hydrogens (tertiary/aromatic N) is 1. The zero-order valence-electron chi connectivity index (χ0n) is 9.98. The van der Waals surface area contributed by atoms with Crippen LogP contribution < -0.4 is 5.32 Å². The Hall–Kier alpha value is -0.130. The molecule has 16 heavy (non-hydrogen) atoms. The van der Waals surface area contributed by atoms with Gasteiger partial charge in [-0.15, -0.1) is 0 Å². The van der Waals surface area contributed by atoms with Crippen LogP contribution in [0.15, 0.2) is 0 Å². The van der Waals surface area contributed by atoms with Crippen molar-refractivity contribution < 1.29 is 8.42 Å². The molecule has 5 heteroatoms. The van der Waals surface area contributed by atoms with Crippen molar-refractivity contribution >= 4 is 9.84 Å². The summed E-state index contributed by atoms with van der Waals surface area (Å²) < 4.78 is 23.4. The summed E-state index contributed by atoms with van der Waals surface area (Å²) in [5.41, 5.74) is 0. The summed E-state index contributed by atoms with van der Waals surface area (Å²) in [5.74, 6) is 0.683. The molecule has 2 aliphatic heterocycles. The van der Waals surface area contributed by atoms with Crippen molar-refractivity contribution in [1.29, 1.82) is 0 Å². The summed E-state index contributed by atoms with van der Waals surface area (Å²) in [6, 6.07) is 0.377. The van der Waals surface area contributed by atoms with Crippen LogP contribution in [-0.4, -0.2) is 56.5 Å². The minimum atomic E-state index is -2.82. The fourth-order valence-electron chi connectivity index (χ4n) is 2.79. The van der Waals surface area contributed by atoms with E-state index < -0.39 is 9.84 Å². The maximum absolute atomic E-state index is 11.7. The second kappa shape index (κ2) is 5.02. The highest BCUT2D eigenvalue weighted by Gasteiger charge is 2.40. The largest absolute Gasteiger partial charge is 0.311 e.